The number of benzene rings is 1. The van der Waals surface area contributed by atoms with E-state index < -0.39 is 0 Å². The van der Waals surface area contributed by atoms with Gasteiger partial charge in [0.05, 0.1) is 6.10 Å². The second kappa shape index (κ2) is 5.72. The van der Waals surface area contributed by atoms with Gasteiger partial charge in [-0.25, -0.2) is 0 Å². The first-order valence-electron chi connectivity index (χ1n) is 6.69. The molecule has 0 aliphatic carbocycles. The number of rotatable bonds is 4. The van der Waals surface area contributed by atoms with Crippen LogP contribution >= 0.6 is 0 Å². The maximum absolute atomic E-state index is 9.28. The highest BCUT2D eigenvalue weighted by atomic mass is 16.5. The van der Waals surface area contributed by atoms with Crippen LogP contribution in [0.4, 0.5) is 0 Å². The third-order valence-corrected chi connectivity index (χ3v) is 4.02. The van der Waals surface area contributed by atoms with Crippen molar-refractivity contribution in [3.63, 3.8) is 0 Å². The quantitative estimate of drug-likeness (QED) is 0.889. The van der Waals surface area contributed by atoms with Gasteiger partial charge in [-0.2, -0.15) is 0 Å². The molecule has 0 amide bonds. The molecule has 0 spiro atoms. The van der Waals surface area contributed by atoms with Gasteiger partial charge in [-0.05, 0) is 51.4 Å². The summed E-state index contributed by atoms with van der Waals surface area (Å²) in [5, 5.41) is 9.28. The number of aromatic hydroxyl groups is 1. The van der Waals surface area contributed by atoms with Crippen molar-refractivity contribution >= 4 is 0 Å². The predicted octanol–water partition coefficient (Wildman–Crippen LogP) is 2.43. The monoisotopic (exact) mass is 249 g/mol. The van der Waals surface area contributed by atoms with Gasteiger partial charge < -0.3 is 9.84 Å². The number of hydrogen-bond acceptors (Lipinski definition) is 3. The molecule has 3 unspecified atom stereocenters. The van der Waals surface area contributed by atoms with E-state index in [1.807, 2.05) is 12.1 Å². The summed E-state index contributed by atoms with van der Waals surface area (Å²) in [6, 6.07) is 8.50. The Morgan fingerprint density at radius 2 is 2.06 bits per heavy atom. The van der Waals surface area contributed by atoms with Crippen LogP contribution in [0, 0.1) is 0 Å². The van der Waals surface area contributed by atoms with Crippen LogP contribution in [0.5, 0.6) is 5.75 Å². The molecule has 18 heavy (non-hydrogen) atoms. The fourth-order valence-electron chi connectivity index (χ4n) is 2.70. The van der Waals surface area contributed by atoms with Crippen molar-refractivity contribution < 1.29 is 9.84 Å². The van der Waals surface area contributed by atoms with Gasteiger partial charge in [0.25, 0.3) is 0 Å². The summed E-state index contributed by atoms with van der Waals surface area (Å²) < 4.78 is 5.63. The van der Waals surface area contributed by atoms with Gasteiger partial charge in [-0.15, -0.1) is 0 Å². The van der Waals surface area contributed by atoms with Crippen molar-refractivity contribution in [1.29, 1.82) is 0 Å². The highest BCUT2D eigenvalue weighted by Gasteiger charge is 2.30. The number of phenolic OH excluding ortho intramolecular Hbond substituents is 1. The van der Waals surface area contributed by atoms with Crippen molar-refractivity contribution in [3.8, 4) is 5.75 Å². The lowest BCUT2D eigenvalue weighted by molar-refractivity contribution is 0.0705. The number of nitrogens with zero attached hydrogens (tertiary/aromatic N) is 1. The number of likely N-dealkylation sites (N-methyl/N-ethyl adjacent to an activating group) is 1. The summed E-state index contributed by atoms with van der Waals surface area (Å²) >= 11 is 0. The molecule has 0 bridgehead atoms. The first-order chi connectivity index (χ1) is 8.58. The molecule has 1 aromatic carbocycles. The average molecular weight is 249 g/mol. The van der Waals surface area contributed by atoms with Crippen molar-refractivity contribution in [3.05, 3.63) is 29.8 Å². The number of hydrogen-bond donors (Lipinski definition) is 1. The van der Waals surface area contributed by atoms with E-state index in [4.69, 9.17) is 4.74 Å². The largest absolute Gasteiger partial charge is 0.508 e. The van der Waals surface area contributed by atoms with E-state index in [9.17, 15) is 5.11 Å². The van der Waals surface area contributed by atoms with Crippen LogP contribution in [-0.4, -0.2) is 41.8 Å². The Bertz CT molecular complexity index is 377. The van der Waals surface area contributed by atoms with Gasteiger partial charge >= 0.3 is 0 Å². The third-order valence-electron chi connectivity index (χ3n) is 4.02. The van der Waals surface area contributed by atoms with Crippen molar-refractivity contribution in [2.45, 2.75) is 44.9 Å². The molecule has 1 fully saturated rings. The van der Waals surface area contributed by atoms with Gasteiger partial charge in [0.1, 0.15) is 5.75 Å². The summed E-state index contributed by atoms with van der Waals surface area (Å²) in [6.07, 6.45) is 2.45. The van der Waals surface area contributed by atoms with Crippen molar-refractivity contribution in [1.82, 2.24) is 4.90 Å². The third kappa shape index (κ3) is 3.03. The normalized spacial score (nSPS) is 25.6. The zero-order chi connectivity index (χ0) is 13.1. The first-order valence-corrected chi connectivity index (χ1v) is 6.69. The minimum atomic E-state index is 0.331. The van der Waals surface area contributed by atoms with Crippen LogP contribution in [0.2, 0.25) is 0 Å². The van der Waals surface area contributed by atoms with E-state index in [1.165, 1.54) is 5.56 Å². The molecule has 0 radical (unpaired) electrons. The molecule has 0 saturated carbocycles. The Hall–Kier alpha value is -1.06. The van der Waals surface area contributed by atoms with E-state index in [-0.39, 0.29) is 0 Å². The van der Waals surface area contributed by atoms with E-state index in [0.29, 0.717) is 23.9 Å². The van der Waals surface area contributed by atoms with Crippen molar-refractivity contribution in [2.75, 3.05) is 13.7 Å². The fraction of sp³-hybridized carbons (Fsp3) is 0.600. The molecule has 1 aliphatic heterocycles. The van der Waals surface area contributed by atoms with Gasteiger partial charge in [-0.3, -0.25) is 4.90 Å². The molecule has 3 heteroatoms. The number of phenols is 1. The molecule has 0 aromatic heterocycles. The molecule has 3 atom stereocenters. The van der Waals surface area contributed by atoms with Crippen molar-refractivity contribution in [2.24, 2.45) is 0 Å². The molecule has 1 saturated heterocycles. The maximum Gasteiger partial charge on any atom is 0.115 e. The second-order valence-electron chi connectivity index (χ2n) is 5.32. The Balaban J connectivity index is 1.94. The van der Waals surface area contributed by atoms with Gasteiger partial charge in [0.2, 0.25) is 0 Å². The summed E-state index contributed by atoms with van der Waals surface area (Å²) in [5.41, 5.74) is 1.26. The molecule has 1 N–H and O–H groups in total. The summed E-state index contributed by atoms with van der Waals surface area (Å²) in [5.74, 6) is 0.331. The zero-order valence-electron chi connectivity index (χ0n) is 11.5. The minimum Gasteiger partial charge on any atom is -0.508 e. The Labute approximate surface area is 109 Å². The smallest absolute Gasteiger partial charge is 0.115 e. The molecule has 1 aliphatic rings. The zero-order valence-corrected chi connectivity index (χ0v) is 11.5. The molecule has 1 aromatic rings. The molecular weight excluding hydrogens is 226 g/mol. The Morgan fingerprint density at radius 3 is 2.61 bits per heavy atom. The van der Waals surface area contributed by atoms with E-state index >= 15 is 0 Å². The van der Waals surface area contributed by atoms with Crippen LogP contribution < -0.4 is 0 Å². The van der Waals surface area contributed by atoms with Gasteiger partial charge in [0.15, 0.2) is 0 Å². The van der Waals surface area contributed by atoms with Gasteiger partial charge in [0, 0.05) is 18.7 Å². The summed E-state index contributed by atoms with van der Waals surface area (Å²) in [4.78, 5) is 2.42. The maximum atomic E-state index is 9.28. The Morgan fingerprint density at radius 1 is 1.39 bits per heavy atom. The second-order valence-corrected chi connectivity index (χ2v) is 5.32. The van der Waals surface area contributed by atoms with E-state index in [1.54, 1.807) is 12.1 Å². The van der Waals surface area contributed by atoms with Crippen LogP contribution in [0.3, 0.4) is 0 Å². The number of ether oxygens (including phenoxy) is 1. The molecule has 3 nitrogen and oxygen atoms in total. The van der Waals surface area contributed by atoms with Crippen LogP contribution in [0.15, 0.2) is 24.3 Å². The first kappa shape index (κ1) is 13.4. The predicted molar refractivity (Wildman–Crippen MR) is 72.9 cm³/mol. The summed E-state index contributed by atoms with van der Waals surface area (Å²) in [6.45, 7) is 5.28. The molecule has 1 heterocycles. The lowest BCUT2D eigenvalue weighted by Crippen LogP contribution is -2.43. The highest BCUT2D eigenvalue weighted by Crippen LogP contribution is 2.21. The standard InChI is InChI=1S/C15H23NO2/c1-11(10-13-4-6-14(17)7-5-13)16(3)15-8-9-18-12(15)2/h4-7,11-12,15,17H,8-10H2,1-3H3. The van der Waals surface area contributed by atoms with E-state index in [0.717, 1.165) is 19.4 Å². The molecule has 100 valence electrons. The van der Waals surface area contributed by atoms with Crippen LogP contribution in [0.1, 0.15) is 25.8 Å². The highest BCUT2D eigenvalue weighted by molar-refractivity contribution is 5.26. The van der Waals surface area contributed by atoms with Gasteiger partial charge in [-0.1, -0.05) is 12.1 Å². The average Bonchev–Trinajstić information content (AvgIpc) is 2.77. The molecule has 2 rings (SSSR count). The van der Waals surface area contributed by atoms with E-state index in [2.05, 4.69) is 25.8 Å². The minimum absolute atomic E-state index is 0.331. The van der Waals surface area contributed by atoms with Crippen LogP contribution in [-0.2, 0) is 11.2 Å². The topological polar surface area (TPSA) is 32.7 Å². The summed E-state index contributed by atoms with van der Waals surface area (Å²) in [7, 11) is 2.18. The SMILES string of the molecule is CC1OCCC1N(C)C(C)Cc1ccc(O)cc1. The molecular formula is C15H23NO2. The van der Waals surface area contributed by atoms with Crippen LogP contribution in [0.25, 0.3) is 0 Å². The fourth-order valence-corrected chi connectivity index (χ4v) is 2.70. The Kier molecular flexibility index (Phi) is 4.25. The lowest BCUT2D eigenvalue weighted by atomic mass is 10.0. The lowest BCUT2D eigenvalue weighted by Gasteiger charge is -2.32.